The third-order valence-corrected chi connectivity index (χ3v) is 3.86. The van der Waals surface area contributed by atoms with Crippen LogP contribution >= 0.6 is 0 Å². The Morgan fingerprint density at radius 1 is 0.957 bits per heavy atom. The first-order valence-corrected chi connectivity index (χ1v) is 7.66. The van der Waals surface area contributed by atoms with Gasteiger partial charge in [0.05, 0.1) is 6.54 Å². The van der Waals surface area contributed by atoms with Gasteiger partial charge < -0.3 is 5.32 Å². The molecule has 5 nitrogen and oxygen atoms in total. The summed E-state index contributed by atoms with van der Waals surface area (Å²) in [7, 11) is 0. The highest BCUT2D eigenvalue weighted by molar-refractivity contribution is 6.01. The number of urea groups is 1. The van der Waals surface area contributed by atoms with Crippen molar-refractivity contribution < 1.29 is 9.59 Å². The fourth-order valence-electron chi connectivity index (χ4n) is 2.74. The van der Waals surface area contributed by atoms with Crippen LogP contribution in [-0.4, -0.2) is 29.9 Å². The van der Waals surface area contributed by atoms with Crippen LogP contribution in [0.15, 0.2) is 54.6 Å². The maximum Gasteiger partial charge on any atom is 0.325 e. The largest absolute Gasteiger partial charge is 0.325 e. The molecule has 0 fully saturated rings. The zero-order chi connectivity index (χ0) is 16.1. The Labute approximate surface area is 135 Å². The minimum absolute atomic E-state index is 0.219. The van der Waals surface area contributed by atoms with E-state index >= 15 is 0 Å². The smallest absolute Gasteiger partial charge is 0.308 e. The number of anilines is 1. The molecule has 2 aromatic carbocycles. The van der Waals surface area contributed by atoms with E-state index in [0.29, 0.717) is 5.69 Å². The van der Waals surface area contributed by atoms with E-state index in [1.807, 2.05) is 35.2 Å². The molecule has 23 heavy (non-hydrogen) atoms. The van der Waals surface area contributed by atoms with Crippen LogP contribution in [0.2, 0.25) is 0 Å². The summed E-state index contributed by atoms with van der Waals surface area (Å²) in [5.74, 6) is -0.294. The first kappa shape index (κ1) is 15.2. The molecule has 0 atom stereocenters. The molecule has 0 bridgehead atoms. The van der Waals surface area contributed by atoms with E-state index in [0.717, 1.165) is 19.5 Å². The molecule has 2 N–H and O–H groups in total. The van der Waals surface area contributed by atoms with Crippen molar-refractivity contribution in [2.75, 3.05) is 18.4 Å². The molecule has 1 aliphatic heterocycles. The third-order valence-electron chi connectivity index (χ3n) is 3.86. The van der Waals surface area contributed by atoms with Crippen molar-refractivity contribution >= 4 is 17.6 Å². The Kier molecular flexibility index (Phi) is 4.68. The SMILES string of the molecule is O=C(CN1CCc2ccccc2C1)NC(=O)Nc1ccccc1. The number of amides is 3. The van der Waals surface area contributed by atoms with Crippen LogP contribution < -0.4 is 10.6 Å². The van der Waals surface area contributed by atoms with E-state index in [9.17, 15) is 9.59 Å². The summed E-state index contributed by atoms with van der Waals surface area (Å²) >= 11 is 0. The van der Waals surface area contributed by atoms with Crippen molar-refractivity contribution in [1.29, 1.82) is 0 Å². The Morgan fingerprint density at radius 3 is 2.43 bits per heavy atom. The standard InChI is InChI=1S/C18H19N3O2/c22-17(20-18(23)19-16-8-2-1-3-9-16)13-21-11-10-14-6-4-5-7-15(14)12-21/h1-9H,10-13H2,(H2,19,20,22,23). The predicted molar refractivity (Wildman–Crippen MR) is 89.0 cm³/mol. The lowest BCUT2D eigenvalue weighted by Crippen LogP contribution is -2.43. The molecule has 1 aliphatic rings. The monoisotopic (exact) mass is 309 g/mol. The fraction of sp³-hybridized carbons (Fsp3) is 0.222. The maximum atomic E-state index is 12.0. The summed E-state index contributed by atoms with van der Waals surface area (Å²) in [6, 6.07) is 16.8. The molecule has 0 radical (unpaired) electrons. The van der Waals surface area contributed by atoms with Crippen LogP contribution in [0.3, 0.4) is 0 Å². The number of nitrogens with one attached hydrogen (secondary N) is 2. The number of benzene rings is 2. The van der Waals surface area contributed by atoms with E-state index in [-0.39, 0.29) is 12.5 Å². The number of para-hydroxylation sites is 1. The molecule has 3 rings (SSSR count). The summed E-state index contributed by atoms with van der Waals surface area (Å²) in [6.07, 6.45) is 0.930. The minimum atomic E-state index is -0.501. The van der Waals surface area contributed by atoms with Gasteiger partial charge >= 0.3 is 6.03 Å². The van der Waals surface area contributed by atoms with Crippen molar-refractivity contribution in [2.24, 2.45) is 0 Å². The lowest BCUT2D eigenvalue weighted by Gasteiger charge is -2.27. The number of rotatable bonds is 3. The molecule has 2 aromatic rings. The van der Waals surface area contributed by atoms with E-state index in [2.05, 4.69) is 22.8 Å². The number of carbonyl (C=O) groups is 2. The van der Waals surface area contributed by atoms with Crippen molar-refractivity contribution in [1.82, 2.24) is 10.2 Å². The molecule has 0 aliphatic carbocycles. The van der Waals surface area contributed by atoms with Gasteiger partial charge in [0.15, 0.2) is 0 Å². The lowest BCUT2D eigenvalue weighted by molar-refractivity contribution is -0.121. The zero-order valence-corrected chi connectivity index (χ0v) is 12.8. The molecule has 0 saturated heterocycles. The second-order valence-electron chi connectivity index (χ2n) is 5.60. The molecule has 0 spiro atoms. The van der Waals surface area contributed by atoms with Crippen LogP contribution in [0.1, 0.15) is 11.1 Å². The van der Waals surface area contributed by atoms with E-state index in [1.54, 1.807) is 12.1 Å². The minimum Gasteiger partial charge on any atom is -0.308 e. The molecule has 118 valence electrons. The quantitative estimate of drug-likeness (QED) is 0.915. The van der Waals surface area contributed by atoms with Gasteiger partial charge in [-0.05, 0) is 29.7 Å². The summed E-state index contributed by atoms with van der Waals surface area (Å²) < 4.78 is 0. The highest BCUT2D eigenvalue weighted by Crippen LogP contribution is 2.17. The maximum absolute atomic E-state index is 12.0. The Balaban J connectivity index is 1.49. The van der Waals surface area contributed by atoms with Crippen LogP contribution in [0, 0.1) is 0 Å². The molecular formula is C18H19N3O2. The second kappa shape index (κ2) is 7.07. The highest BCUT2D eigenvalue weighted by Gasteiger charge is 2.18. The van der Waals surface area contributed by atoms with Gasteiger partial charge in [0, 0.05) is 18.8 Å². The zero-order valence-electron chi connectivity index (χ0n) is 12.8. The van der Waals surface area contributed by atoms with Crippen LogP contribution in [0.25, 0.3) is 0 Å². The van der Waals surface area contributed by atoms with E-state index in [4.69, 9.17) is 0 Å². The first-order valence-electron chi connectivity index (χ1n) is 7.66. The van der Waals surface area contributed by atoms with Gasteiger partial charge in [0.2, 0.25) is 5.91 Å². The number of fused-ring (bicyclic) bond motifs is 1. The van der Waals surface area contributed by atoms with Crippen molar-refractivity contribution in [3.05, 3.63) is 65.7 Å². The predicted octanol–water partition coefficient (Wildman–Crippen LogP) is 2.39. The van der Waals surface area contributed by atoms with Crippen LogP contribution in [0.4, 0.5) is 10.5 Å². The normalized spacial score (nSPS) is 13.9. The Morgan fingerprint density at radius 2 is 1.65 bits per heavy atom. The van der Waals surface area contributed by atoms with Gasteiger partial charge in [-0.3, -0.25) is 15.0 Å². The first-order chi connectivity index (χ1) is 11.2. The molecule has 0 saturated carbocycles. The number of hydrogen-bond donors (Lipinski definition) is 2. The third kappa shape index (κ3) is 4.17. The molecule has 1 heterocycles. The van der Waals surface area contributed by atoms with Crippen molar-refractivity contribution in [2.45, 2.75) is 13.0 Å². The average molecular weight is 309 g/mol. The molecule has 0 aromatic heterocycles. The number of imide groups is 1. The second-order valence-corrected chi connectivity index (χ2v) is 5.60. The lowest BCUT2D eigenvalue weighted by atomic mass is 10.00. The van der Waals surface area contributed by atoms with Crippen LogP contribution in [-0.2, 0) is 17.8 Å². The van der Waals surface area contributed by atoms with Crippen molar-refractivity contribution in [3.8, 4) is 0 Å². The van der Waals surface area contributed by atoms with Gasteiger partial charge in [-0.25, -0.2) is 4.79 Å². The summed E-state index contributed by atoms with van der Waals surface area (Å²) in [5, 5.41) is 5.01. The summed E-state index contributed by atoms with van der Waals surface area (Å²) in [4.78, 5) is 25.9. The van der Waals surface area contributed by atoms with Crippen molar-refractivity contribution in [3.63, 3.8) is 0 Å². The Bertz CT molecular complexity index is 700. The van der Waals surface area contributed by atoms with Gasteiger partial charge in [-0.1, -0.05) is 42.5 Å². The highest BCUT2D eigenvalue weighted by atomic mass is 16.2. The molecule has 5 heteroatoms. The fourth-order valence-corrected chi connectivity index (χ4v) is 2.74. The van der Waals surface area contributed by atoms with Gasteiger partial charge in [-0.15, -0.1) is 0 Å². The number of carbonyl (C=O) groups excluding carboxylic acids is 2. The summed E-state index contributed by atoms with van der Waals surface area (Å²) in [6.45, 7) is 1.78. The van der Waals surface area contributed by atoms with Gasteiger partial charge in [0.1, 0.15) is 0 Å². The number of nitrogens with zero attached hydrogens (tertiary/aromatic N) is 1. The number of hydrogen-bond acceptors (Lipinski definition) is 3. The molecule has 3 amide bonds. The topological polar surface area (TPSA) is 61.4 Å². The Hall–Kier alpha value is -2.66. The van der Waals surface area contributed by atoms with E-state index < -0.39 is 6.03 Å². The van der Waals surface area contributed by atoms with Gasteiger partial charge in [-0.2, -0.15) is 0 Å². The van der Waals surface area contributed by atoms with Crippen LogP contribution in [0.5, 0.6) is 0 Å². The van der Waals surface area contributed by atoms with Gasteiger partial charge in [0.25, 0.3) is 0 Å². The van der Waals surface area contributed by atoms with E-state index in [1.165, 1.54) is 11.1 Å². The molecular weight excluding hydrogens is 290 g/mol. The average Bonchev–Trinajstić information content (AvgIpc) is 2.55. The molecule has 0 unspecified atom stereocenters. The summed E-state index contributed by atoms with van der Waals surface area (Å²) in [5.41, 5.74) is 3.25.